The van der Waals surface area contributed by atoms with Crippen molar-refractivity contribution in [1.82, 2.24) is 4.98 Å². The van der Waals surface area contributed by atoms with Crippen LogP contribution in [-0.4, -0.2) is 13.3 Å². The molecule has 0 unspecified atom stereocenters. The summed E-state index contributed by atoms with van der Waals surface area (Å²) in [5.74, 6) is 0. The summed E-state index contributed by atoms with van der Waals surface area (Å²) >= 11 is 3.50. The van der Waals surface area contributed by atoms with Gasteiger partial charge in [0, 0.05) is 5.69 Å². The highest BCUT2D eigenvalue weighted by molar-refractivity contribution is 9.10. The van der Waals surface area contributed by atoms with E-state index in [1.807, 2.05) is 6.92 Å². The molecular weight excluding hydrogens is 306 g/mol. The van der Waals surface area contributed by atoms with Crippen molar-refractivity contribution in [2.45, 2.75) is 59.4 Å². The largest absolute Gasteiger partial charge is 0.413 e. The van der Waals surface area contributed by atoms with Crippen LogP contribution in [0.5, 0.6) is 0 Å². The molecule has 0 radical (unpaired) electrons. The lowest BCUT2D eigenvalue weighted by Gasteiger charge is -2.36. The molecule has 0 atom stereocenters. The SMILES string of the molecule is Cc1cc(CO[Si](C)(C)C(C)(C)C)c(C)c(Br)n1. The van der Waals surface area contributed by atoms with Crippen LogP contribution in [0.2, 0.25) is 18.1 Å². The molecule has 0 aliphatic heterocycles. The maximum atomic E-state index is 6.26. The van der Waals surface area contributed by atoms with Gasteiger partial charge in [-0.1, -0.05) is 20.8 Å². The summed E-state index contributed by atoms with van der Waals surface area (Å²) in [6.07, 6.45) is 0. The lowest BCUT2D eigenvalue weighted by molar-refractivity contribution is 0.275. The Morgan fingerprint density at radius 3 is 2.33 bits per heavy atom. The van der Waals surface area contributed by atoms with Crippen LogP contribution in [0.1, 0.15) is 37.6 Å². The van der Waals surface area contributed by atoms with E-state index in [9.17, 15) is 0 Å². The topological polar surface area (TPSA) is 22.1 Å². The molecule has 1 aromatic rings. The van der Waals surface area contributed by atoms with Crippen molar-refractivity contribution in [3.8, 4) is 0 Å². The quantitative estimate of drug-likeness (QED) is 0.576. The standard InChI is InChI=1S/C14H24BrNOSi/c1-10-8-12(11(2)13(15)16-10)9-17-18(6,7)14(3,4)5/h8H,9H2,1-7H3. The van der Waals surface area contributed by atoms with Gasteiger partial charge in [-0.2, -0.15) is 0 Å². The lowest BCUT2D eigenvalue weighted by Crippen LogP contribution is -2.40. The lowest BCUT2D eigenvalue weighted by atomic mass is 10.1. The van der Waals surface area contributed by atoms with E-state index in [2.05, 4.69) is 67.8 Å². The van der Waals surface area contributed by atoms with Crippen molar-refractivity contribution in [2.75, 3.05) is 0 Å². The number of aromatic nitrogens is 1. The molecular formula is C14H24BrNOSi. The van der Waals surface area contributed by atoms with E-state index in [0.717, 1.165) is 10.3 Å². The van der Waals surface area contributed by atoms with Gasteiger partial charge in [0.25, 0.3) is 0 Å². The third-order valence-electron chi connectivity index (χ3n) is 3.84. The maximum absolute atomic E-state index is 6.26. The first-order valence-corrected chi connectivity index (χ1v) is 10.0. The molecule has 0 amide bonds. The Hall–Kier alpha value is -0.193. The fraction of sp³-hybridized carbons (Fsp3) is 0.643. The molecule has 2 nitrogen and oxygen atoms in total. The number of halogens is 1. The highest BCUT2D eigenvalue weighted by Gasteiger charge is 2.37. The first-order valence-electron chi connectivity index (χ1n) is 6.31. The Morgan fingerprint density at radius 2 is 1.83 bits per heavy atom. The van der Waals surface area contributed by atoms with E-state index in [1.165, 1.54) is 11.1 Å². The van der Waals surface area contributed by atoms with Crippen molar-refractivity contribution in [2.24, 2.45) is 0 Å². The van der Waals surface area contributed by atoms with Gasteiger partial charge < -0.3 is 4.43 Å². The molecule has 0 saturated carbocycles. The number of rotatable bonds is 3. The maximum Gasteiger partial charge on any atom is 0.192 e. The number of nitrogens with zero attached hydrogens (tertiary/aromatic N) is 1. The summed E-state index contributed by atoms with van der Waals surface area (Å²) < 4.78 is 7.19. The molecule has 0 aliphatic carbocycles. The first-order chi connectivity index (χ1) is 8.04. The van der Waals surface area contributed by atoms with Crippen molar-refractivity contribution < 1.29 is 4.43 Å². The average molecular weight is 330 g/mol. The third kappa shape index (κ3) is 3.65. The molecule has 0 spiro atoms. The van der Waals surface area contributed by atoms with Gasteiger partial charge in [-0.05, 0) is 65.1 Å². The van der Waals surface area contributed by atoms with E-state index in [1.54, 1.807) is 0 Å². The van der Waals surface area contributed by atoms with Gasteiger partial charge in [0.15, 0.2) is 8.32 Å². The average Bonchev–Trinajstić information content (AvgIpc) is 2.19. The second kappa shape index (κ2) is 5.43. The zero-order chi connectivity index (χ0) is 14.1. The number of hydrogen-bond acceptors (Lipinski definition) is 2. The Labute approximate surface area is 120 Å². The van der Waals surface area contributed by atoms with Crippen molar-refractivity contribution >= 4 is 24.2 Å². The minimum atomic E-state index is -1.68. The second-order valence-corrected chi connectivity index (χ2v) is 11.9. The Morgan fingerprint density at radius 1 is 1.28 bits per heavy atom. The monoisotopic (exact) mass is 329 g/mol. The molecule has 0 aliphatic rings. The predicted octanol–water partition coefficient (Wildman–Crippen LogP) is 4.98. The van der Waals surface area contributed by atoms with Crippen LogP contribution < -0.4 is 0 Å². The van der Waals surface area contributed by atoms with Crippen molar-refractivity contribution in [1.29, 1.82) is 0 Å². The first kappa shape index (κ1) is 15.9. The van der Waals surface area contributed by atoms with E-state index in [0.29, 0.717) is 6.61 Å². The zero-order valence-corrected chi connectivity index (χ0v) is 15.1. The summed E-state index contributed by atoms with van der Waals surface area (Å²) in [6, 6.07) is 2.12. The van der Waals surface area contributed by atoms with Gasteiger partial charge in [-0.3, -0.25) is 0 Å². The minimum absolute atomic E-state index is 0.250. The molecule has 1 rings (SSSR count). The van der Waals surface area contributed by atoms with Crippen LogP contribution >= 0.6 is 15.9 Å². The van der Waals surface area contributed by atoms with Gasteiger partial charge in [0.1, 0.15) is 4.60 Å². The van der Waals surface area contributed by atoms with E-state index in [-0.39, 0.29) is 5.04 Å². The Kier molecular flexibility index (Phi) is 4.79. The smallest absolute Gasteiger partial charge is 0.192 e. The molecule has 0 bridgehead atoms. The summed E-state index contributed by atoms with van der Waals surface area (Å²) in [7, 11) is -1.68. The van der Waals surface area contributed by atoms with Gasteiger partial charge in [0.05, 0.1) is 6.61 Å². The summed E-state index contributed by atoms with van der Waals surface area (Å²) in [6.45, 7) is 16.1. The molecule has 1 aromatic heterocycles. The normalized spacial score (nSPS) is 12.9. The minimum Gasteiger partial charge on any atom is -0.413 e. The Balaban J connectivity index is 2.88. The van der Waals surface area contributed by atoms with Crippen LogP contribution in [-0.2, 0) is 11.0 Å². The fourth-order valence-corrected chi connectivity index (χ4v) is 2.87. The van der Waals surface area contributed by atoms with E-state index >= 15 is 0 Å². The summed E-state index contributed by atoms with van der Waals surface area (Å²) in [4.78, 5) is 4.40. The van der Waals surface area contributed by atoms with Gasteiger partial charge in [-0.25, -0.2) is 4.98 Å². The number of hydrogen-bond donors (Lipinski definition) is 0. The molecule has 18 heavy (non-hydrogen) atoms. The molecule has 0 N–H and O–H groups in total. The van der Waals surface area contributed by atoms with Crippen LogP contribution in [0, 0.1) is 13.8 Å². The van der Waals surface area contributed by atoms with Gasteiger partial charge >= 0.3 is 0 Å². The predicted molar refractivity (Wildman–Crippen MR) is 83.4 cm³/mol. The second-order valence-electron chi connectivity index (χ2n) is 6.39. The molecule has 0 aromatic carbocycles. The van der Waals surface area contributed by atoms with Gasteiger partial charge in [0.2, 0.25) is 0 Å². The zero-order valence-electron chi connectivity index (χ0n) is 12.5. The van der Waals surface area contributed by atoms with E-state index < -0.39 is 8.32 Å². The highest BCUT2D eigenvalue weighted by atomic mass is 79.9. The van der Waals surface area contributed by atoms with Crippen LogP contribution in [0.4, 0.5) is 0 Å². The molecule has 0 fully saturated rings. The third-order valence-corrected chi connectivity index (χ3v) is 9.09. The van der Waals surface area contributed by atoms with Crippen LogP contribution in [0.15, 0.2) is 10.7 Å². The highest BCUT2D eigenvalue weighted by Crippen LogP contribution is 2.37. The number of aryl methyl sites for hydroxylation is 1. The summed E-state index contributed by atoms with van der Waals surface area (Å²) in [5, 5.41) is 0.250. The van der Waals surface area contributed by atoms with Crippen LogP contribution in [0.3, 0.4) is 0 Å². The Bertz CT molecular complexity index is 438. The molecule has 0 saturated heterocycles. The molecule has 102 valence electrons. The number of pyridine rings is 1. The van der Waals surface area contributed by atoms with E-state index in [4.69, 9.17) is 4.43 Å². The van der Waals surface area contributed by atoms with Crippen molar-refractivity contribution in [3.05, 3.63) is 27.5 Å². The fourth-order valence-electron chi connectivity index (χ4n) is 1.39. The molecule has 1 heterocycles. The van der Waals surface area contributed by atoms with Crippen molar-refractivity contribution in [3.63, 3.8) is 0 Å². The summed E-state index contributed by atoms with van der Waals surface area (Å²) in [5.41, 5.74) is 3.44. The molecule has 4 heteroatoms. The van der Waals surface area contributed by atoms with Crippen LogP contribution in [0.25, 0.3) is 0 Å². The van der Waals surface area contributed by atoms with Gasteiger partial charge in [-0.15, -0.1) is 0 Å².